The van der Waals surface area contributed by atoms with E-state index in [1.54, 1.807) is 0 Å². The Bertz CT molecular complexity index is 816. The van der Waals surface area contributed by atoms with E-state index >= 15 is 0 Å². The van der Waals surface area contributed by atoms with Gasteiger partial charge in [0.05, 0.1) is 0 Å². The molecule has 1 N–H and O–H groups in total. The highest BCUT2D eigenvalue weighted by Crippen LogP contribution is 2.34. The van der Waals surface area contributed by atoms with E-state index in [-0.39, 0.29) is 0 Å². The van der Waals surface area contributed by atoms with Crippen molar-refractivity contribution in [2.24, 2.45) is 0 Å². The molecule has 1 aliphatic heterocycles. The van der Waals surface area contributed by atoms with E-state index in [2.05, 4.69) is 26.5 Å². The Morgan fingerprint density at radius 1 is 1.43 bits per heavy atom. The molecule has 1 saturated heterocycles. The monoisotopic (exact) mass is 301 g/mol. The lowest BCUT2D eigenvalue weighted by Gasteiger charge is -2.16. The summed E-state index contributed by atoms with van der Waals surface area (Å²) in [6.07, 6.45) is 3.84. The van der Waals surface area contributed by atoms with Crippen LogP contribution < -0.4 is 10.2 Å². The first-order valence-corrected chi connectivity index (χ1v) is 7.32. The van der Waals surface area contributed by atoms with Crippen LogP contribution in [0.2, 0.25) is 5.02 Å². The number of aromatic nitrogens is 2. The summed E-state index contributed by atoms with van der Waals surface area (Å²) >= 11 is 6.07. The predicted molar refractivity (Wildman–Crippen MR) is 82.8 cm³/mol. The van der Waals surface area contributed by atoms with Crippen LogP contribution in [0.5, 0.6) is 0 Å². The van der Waals surface area contributed by atoms with Crippen molar-refractivity contribution in [2.75, 3.05) is 25.0 Å². The first-order chi connectivity index (χ1) is 10.3. The highest BCUT2D eigenvalue weighted by atomic mass is 35.5. The van der Waals surface area contributed by atoms with Gasteiger partial charge in [-0.2, -0.15) is 0 Å². The fourth-order valence-electron chi connectivity index (χ4n) is 2.90. The molecular formula is C15H14ClN4O. The summed E-state index contributed by atoms with van der Waals surface area (Å²) in [5, 5.41) is 4.88. The molecule has 2 aromatic heterocycles. The molecule has 1 radical (unpaired) electrons. The molecule has 3 heterocycles. The Balaban J connectivity index is 1.88. The van der Waals surface area contributed by atoms with Gasteiger partial charge in [0.1, 0.15) is 11.1 Å². The zero-order chi connectivity index (χ0) is 14.4. The summed E-state index contributed by atoms with van der Waals surface area (Å²) in [5.41, 5.74) is 2.25. The summed E-state index contributed by atoms with van der Waals surface area (Å²) in [5.74, 6) is 0.810. The molecule has 6 heteroatoms. The third kappa shape index (κ3) is 2.04. The Labute approximate surface area is 126 Å². The van der Waals surface area contributed by atoms with Crippen LogP contribution in [0.1, 0.15) is 6.42 Å². The lowest BCUT2D eigenvalue weighted by atomic mass is 10.2. The second-order valence-corrected chi connectivity index (χ2v) is 5.72. The number of nitrogens with one attached hydrogen (secondary N) is 1. The molecule has 5 nitrogen and oxygen atoms in total. The number of likely N-dealkylation sites (N-methyl/N-ethyl adjacent to an activating group) is 1. The van der Waals surface area contributed by atoms with Gasteiger partial charge in [-0.25, -0.2) is 9.97 Å². The van der Waals surface area contributed by atoms with Crippen LogP contribution in [0, 0.1) is 6.33 Å². The molecule has 1 aromatic carbocycles. The van der Waals surface area contributed by atoms with Crippen LogP contribution in [-0.4, -0.2) is 36.1 Å². The highest BCUT2D eigenvalue weighted by molar-refractivity contribution is 6.31. The van der Waals surface area contributed by atoms with E-state index in [0.29, 0.717) is 16.6 Å². The first-order valence-electron chi connectivity index (χ1n) is 6.94. The number of benzene rings is 1. The summed E-state index contributed by atoms with van der Waals surface area (Å²) < 4.78 is 5.95. The summed E-state index contributed by atoms with van der Waals surface area (Å²) in [7, 11) is 1.99. The zero-order valence-electron chi connectivity index (χ0n) is 11.6. The lowest BCUT2D eigenvalue weighted by molar-refractivity contribution is 0.615. The molecule has 4 rings (SSSR count). The SMILES string of the molecule is CN[C@@H]1CCN(c2n[c]nc3c2oc2ccc(Cl)cc23)C1. The largest absolute Gasteiger partial charge is 0.450 e. The number of fused-ring (bicyclic) bond motifs is 3. The molecule has 0 saturated carbocycles. The Morgan fingerprint density at radius 2 is 2.33 bits per heavy atom. The highest BCUT2D eigenvalue weighted by Gasteiger charge is 2.25. The van der Waals surface area contributed by atoms with Crippen molar-refractivity contribution in [3.63, 3.8) is 0 Å². The van der Waals surface area contributed by atoms with E-state index in [9.17, 15) is 0 Å². The van der Waals surface area contributed by atoms with Gasteiger partial charge in [-0.15, -0.1) is 0 Å². The number of anilines is 1. The first kappa shape index (κ1) is 12.9. The van der Waals surface area contributed by atoms with Crippen LogP contribution >= 0.6 is 11.6 Å². The molecule has 0 unspecified atom stereocenters. The summed E-state index contributed by atoms with van der Waals surface area (Å²) in [4.78, 5) is 10.8. The topological polar surface area (TPSA) is 54.2 Å². The van der Waals surface area contributed by atoms with Crippen molar-refractivity contribution in [3.8, 4) is 0 Å². The number of nitrogens with zero attached hydrogens (tertiary/aromatic N) is 3. The second kappa shape index (κ2) is 4.86. The smallest absolute Gasteiger partial charge is 0.200 e. The normalized spacial score (nSPS) is 19.0. The van der Waals surface area contributed by atoms with Crippen LogP contribution in [-0.2, 0) is 0 Å². The van der Waals surface area contributed by atoms with Crippen molar-refractivity contribution in [1.29, 1.82) is 0 Å². The summed E-state index contributed by atoms with van der Waals surface area (Å²) in [6, 6.07) is 6.03. The molecule has 1 atom stereocenters. The molecule has 107 valence electrons. The maximum atomic E-state index is 6.07. The second-order valence-electron chi connectivity index (χ2n) is 5.29. The maximum absolute atomic E-state index is 6.07. The van der Waals surface area contributed by atoms with E-state index in [1.165, 1.54) is 0 Å². The zero-order valence-corrected chi connectivity index (χ0v) is 12.3. The van der Waals surface area contributed by atoms with Crippen molar-refractivity contribution in [1.82, 2.24) is 15.3 Å². The van der Waals surface area contributed by atoms with Crippen LogP contribution in [0.3, 0.4) is 0 Å². The Hall–Kier alpha value is -1.85. The fourth-order valence-corrected chi connectivity index (χ4v) is 3.07. The molecular weight excluding hydrogens is 288 g/mol. The number of hydrogen-bond acceptors (Lipinski definition) is 5. The van der Waals surface area contributed by atoms with Gasteiger partial charge < -0.3 is 14.6 Å². The van der Waals surface area contributed by atoms with Gasteiger partial charge in [-0.1, -0.05) is 11.6 Å². The minimum absolute atomic E-state index is 0.480. The van der Waals surface area contributed by atoms with Gasteiger partial charge in [0.2, 0.25) is 6.33 Å². The third-order valence-electron chi connectivity index (χ3n) is 4.04. The van der Waals surface area contributed by atoms with Crippen molar-refractivity contribution >= 4 is 39.5 Å². The molecule has 0 spiro atoms. The molecule has 3 aromatic rings. The van der Waals surface area contributed by atoms with Crippen LogP contribution in [0.4, 0.5) is 5.82 Å². The standard InChI is InChI=1S/C15H14ClN4O/c1-17-10-4-5-20(7-10)15-14-13(18-8-19-15)11-6-9(16)2-3-12(11)21-14/h2-3,6,10,17H,4-5,7H2,1H3/t10-/m1/s1. The lowest BCUT2D eigenvalue weighted by Crippen LogP contribution is -2.29. The molecule has 0 aliphatic carbocycles. The Kier molecular flexibility index (Phi) is 2.97. The quantitative estimate of drug-likeness (QED) is 0.788. The molecule has 0 bridgehead atoms. The van der Waals surface area contributed by atoms with E-state index in [1.807, 2.05) is 25.2 Å². The molecule has 1 fully saturated rings. The van der Waals surface area contributed by atoms with Crippen molar-refractivity contribution < 1.29 is 4.42 Å². The number of hydrogen-bond donors (Lipinski definition) is 1. The van der Waals surface area contributed by atoms with E-state index in [0.717, 1.165) is 41.8 Å². The van der Waals surface area contributed by atoms with Gasteiger partial charge in [0.15, 0.2) is 11.4 Å². The summed E-state index contributed by atoms with van der Waals surface area (Å²) in [6.45, 7) is 1.86. The predicted octanol–water partition coefficient (Wildman–Crippen LogP) is 2.63. The van der Waals surface area contributed by atoms with Gasteiger partial charge in [-0.05, 0) is 31.7 Å². The van der Waals surface area contributed by atoms with Gasteiger partial charge in [0.25, 0.3) is 0 Å². The third-order valence-corrected chi connectivity index (χ3v) is 4.28. The van der Waals surface area contributed by atoms with E-state index in [4.69, 9.17) is 16.0 Å². The molecule has 0 amide bonds. The number of rotatable bonds is 2. The average molecular weight is 302 g/mol. The fraction of sp³-hybridized carbons (Fsp3) is 0.333. The number of furan rings is 1. The minimum Gasteiger partial charge on any atom is -0.450 e. The average Bonchev–Trinajstić information content (AvgIpc) is 3.11. The van der Waals surface area contributed by atoms with Crippen molar-refractivity contribution in [2.45, 2.75) is 12.5 Å². The minimum atomic E-state index is 0.480. The Morgan fingerprint density at radius 3 is 3.14 bits per heavy atom. The van der Waals surface area contributed by atoms with Gasteiger partial charge in [0, 0.05) is 29.5 Å². The number of halogens is 1. The van der Waals surface area contributed by atoms with Crippen LogP contribution in [0.25, 0.3) is 22.1 Å². The maximum Gasteiger partial charge on any atom is 0.200 e. The molecule has 1 aliphatic rings. The van der Waals surface area contributed by atoms with Crippen LogP contribution in [0.15, 0.2) is 22.6 Å². The van der Waals surface area contributed by atoms with Gasteiger partial charge >= 0.3 is 0 Å². The van der Waals surface area contributed by atoms with Gasteiger partial charge in [-0.3, -0.25) is 0 Å². The van der Waals surface area contributed by atoms with E-state index < -0.39 is 0 Å². The molecule has 21 heavy (non-hydrogen) atoms. The van der Waals surface area contributed by atoms with Crippen molar-refractivity contribution in [3.05, 3.63) is 29.5 Å².